The second-order valence-corrected chi connectivity index (χ2v) is 4.54. The highest BCUT2D eigenvalue weighted by atomic mass is 79.9. The first-order valence-corrected chi connectivity index (χ1v) is 6.34. The van der Waals surface area contributed by atoms with Crippen LogP contribution in [0.2, 0.25) is 0 Å². The summed E-state index contributed by atoms with van der Waals surface area (Å²) in [5.41, 5.74) is 0. The molecule has 0 aromatic heterocycles. The summed E-state index contributed by atoms with van der Waals surface area (Å²) in [5, 5.41) is 0.0487. The highest BCUT2D eigenvalue weighted by Crippen LogP contribution is 2.15. The molecule has 1 N–H and O–H groups in total. The van der Waals surface area contributed by atoms with Gasteiger partial charge in [0.05, 0.1) is 4.90 Å². The van der Waals surface area contributed by atoms with E-state index in [4.69, 9.17) is 9.29 Å². The van der Waals surface area contributed by atoms with Crippen molar-refractivity contribution < 1.29 is 22.5 Å². The number of rotatable bonds is 3. The van der Waals surface area contributed by atoms with Gasteiger partial charge in [-0.1, -0.05) is 15.9 Å². The molecule has 0 atom stereocenters. The van der Waals surface area contributed by atoms with Crippen molar-refractivity contribution in [2.75, 3.05) is 5.33 Å². The third-order valence-electron chi connectivity index (χ3n) is 1.46. The van der Waals surface area contributed by atoms with Crippen LogP contribution in [0, 0.1) is 0 Å². The minimum Gasteiger partial charge on any atom is -0.426 e. The van der Waals surface area contributed by atoms with E-state index in [1.807, 2.05) is 0 Å². The number of alkyl halides is 1. The fraction of sp³-hybridized carbons (Fsp3) is 0.125. The molecule has 7 heteroatoms. The zero-order chi connectivity index (χ0) is 11.5. The molecule has 1 aromatic carbocycles. The van der Waals surface area contributed by atoms with Gasteiger partial charge in [-0.3, -0.25) is 9.35 Å². The number of halogens is 1. The molecule has 5 nitrogen and oxygen atoms in total. The Labute approximate surface area is 94.9 Å². The average molecular weight is 295 g/mol. The van der Waals surface area contributed by atoms with Crippen LogP contribution >= 0.6 is 15.9 Å². The predicted molar refractivity (Wildman–Crippen MR) is 55.7 cm³/mol. The summed E-state index contributed by atoms with van der Waals surface area (Å²) in [6.45, 7) is 0. The van der Waals surface area contributed by atoms with Gasteiger partial charge in [-0.05, 0) is 24.3 Å². The Hall–Kier alpha value is -0.920. The van der Waals surface area contributed by atoms with E-state index in [-0.39, 0.29) is 16.0 Å². The third kappa shape index (κ3) is 3.61. The first-order chi connectivity index (χ1) is 6.93. The molecular formula is C8H7BrO5S. The van der Waals surface area contributed by atoms with Gasteiger partial charge in [-0.2, -0.15) is 8.42 Å². The second kappa shape index (κ2) is 4.73. The standard InChI is InChI=1S/C8H7BrO5S/c9-5-8(10)14-6-1-3-7(4-2-6)15(11,12)13/h1-4H,5H2,(H,11,12,13). The van der Waals surface area contributed by atoms with Crippen LogP contribution in [0.1, 0.15) is 0 Å². The van der Waals surface area contributed by atoms with Crippen molar-refractivity contribution in [3.05, 3.63) is 24.3 Å². The first-order valence-electron chi connectivity index (χ1n) is 3.77. The lowest BCUT2D eigenvalue weighted by Gasteiger charge is -2.02. The average Bonchev–Trinajstić information content (AvgIpc) is 2.17. The summed E-state index contributed by atoms with van der Waals surface area (Å²) in [5.74, 6) is -0.276. The van der Waals surface area contributed by atoms with E-state index in [9.17, 15) is 13.2 Å². The minimum absolute atomic E-state index is 0.0487. The Kier molecular flexibility index (Phi) is 3.83. The number of hydrogen-bond donors (Lipinski definition) is 1. The second-order valence-electron chi connectivity index (χ2n) is 2.55. The summed E-state index contributed by atoms with van der Waals surface area (Å²) in [4.78, 5) is 10.6. The Bertz CT molecular complexity index is 450. The van der Waals surface area contributed by atoms with Gasteiger partial charge in [0.15, 0.2) is 0 Å². The molecule has 0 aliphatic heterocycles. The van der Waals surface area contributed by atoms with Crippen molar-refractivity contribution in [1.82, 2.24) is 0 Å². The summed E-state index contributed by atoms with van der Waals surface area (Å²) in [7, 11) is -4.20. The van der Waals surface area contributed by atoms with Crippen LogP contribution in [0.3, 0.4) is 0 Å². The quantitative estimate of drug-likeness (QED) is 0.392. The third-order valence-corrected chi connectivity index (χ3v) is 2.79. The molecule has 0 amide bonds. The number of carbonyl (C=O) groups is 1. The molecule has 0 radical (unpaired) electrons. The van der Waals surface area contributed by atoms with Gasteiger partial charge in [-0.15, -0.1) is 0 Å². The van der Waals surface area contributed by atoms with Gasteiger partial charge >= 0.3 is 5.97 Å². The maximum Gasteiger partial charge on any atom is 0.321 e. The first kappa shape index (κ1) is 12.2. The van der Waals surface area contributed by atoms with Gasteiger partial charge in [0.25, 0.3) is 10.1 Å². The Balaban J connectivity index is 2.86. The molecule has 0 spiro atoms. The zero-order valence-corrected chi connectivity index (χ0v) is 9.79. The monoisotopic (exact) mass is 294 g/mol. The zero-order valence-electron chi connectivity index (χ0n) is 7.38. The molecule has 15 heavy (non-hydrogen) atoms. The van der Waals surface area contributed by atoms with Crippen LogP contribution < -0.4 is 4.74 Å². The summed E-state index contributed by atoms with van der Waals surface area (Å²) < 4.78 is 34.8. The lowest BCUT2D eigenvalue weighted by atomic mass is 10.3. The van der Waals surface area contributed by atoms with Crippen LogP contribution in [0.4, 0.5) is 0 Å². The van der Waals surface area contributed by atoms with Crippen molar-refractivity contribution in [3.8, 4) is 5.75 Å². The molecule has 1 aromatic rings. The number of benzene rings is 1. The van der Waals surface area contributed by atoms with Crippen LogP contribution in [0.25, 0.3) is 0 Å². The van der Waals surface area contributed by atoms with Gasteiger partial charge in [0.1, 0.15) is 11.1 Å². The maximum atomic E-state index is 10.8. The Morgan fingerprint density at radius 1 is 1.33 bits per heavy atom. The number of esters is 1. The van der Waals surface area contributed by atoms with Gasteiger partial charge in [-0.25, -0.2) is 0 Å². The number of carbonyl (C=O) groups excluding carboxylic acids is 1. The molecule has 0 heterocycles. The van der Waals surface area contributed by atoms with Gasteiger partial charge in [0.2, 0.25) is 0 Å². The molecule has 1 rings (SSSR count). The molecule has 0 unspecified atom stereocenters. The fourth-order valence-corrected chi connectivity index (χ4v) is 1.43. The van der Waals surface area contributed by atoms with Crippen LogP contribution in [-0.4, -0.2) is 24.3 Å². The lowest BCUT2D eigenvalue weighted by molar-refractivity contribution is -0.131. The molecule has 0 saturated carbocycles. The van der Waals surface area contributed by atoms with E-state index in [2.05, 4.69) is 15.9 Å². The minimum atomic E-state index is -4.20. The smallest absolute Gasteiger partial charge is 0.321 e. The summed E-state index contributed by atoms with van der Waals surface area (Å²) in [6, 6.07) is 4.85. The van der Waals surface area contributed by atoms with E-state index >= 15 is 0 Å². The van der Waals surface area contributed by atoms with Crippen molar-refractivity contribution in [1.29, 1.82) is 0 Å². The molecule has 0 saturated heterocycles. The van der Waals surface area contributed by atoms with Crippen molar-refractivity contribution in [3.63, 3.8) is 0 Å². The van der Waals surface area contributed by atoms with Crippen LogP contribution in [0.5, 0.6) is 5.75 Å². The van der Waals surface area contributed by atoms with Gasteiger partial charge in [0, 0.05) is 0 Å². The van der Waals surface area contributed by atoms with Crippen LogP contribution in [-0.2, 0) is 14.9 Å². The van der Waals surface area contributed by atoms with E-state index in [1.165, 1.54) is 12.1 Å². The molecule has 0 aliphatic carbocycles. The highest BCUT2D eigenvalue weighted by Gasteiger charge is 2.09. The van der Waals surface area contributed by atoms with Crippen molar-refractivity contribution in [2.24, 2.45) is 0 Å². The van der Waals surface area contributed by atoms with E-state index in [1.54, 1.807) is 0 Å². The largest absolute Gasteiger partial charge is 0.426 e. The van der Waals surface area contributed by atoms with Crippen LogP contribution in [0.15, 0.2) is 29.2 Å². The summed E-state index contributed by atoms with van der Waals surface area (Å²) >= 11 is 2.91. The SMILES string of the molecule is O=C(CBr)Oc1ccc(S(=O)(=O)O)cc1. The van der Waals surface area contributed by atoms with Gasteiger partial charge < -0.3 is 4.74 Å². The van der Waals surface area contributed by atoms with E-state index in [0.717, 1.165) is 12.1 Å². The summed E-state index contributed by atoms with van der Waals surface area (Å²) in [6.07, 6.45) is 0. The fourth-order valence-electron chi connectivity index (χ4n) is 0.838. The topological polar surface area (TPSA) is 80.7 Å². The molecule has 0 fully saturated rings. The normalized spacial score (nSPS) is 11.1. The molecule has 0 bridgehead atoms. The van der Waals surface area contributed by atoms with Crippen molar-refractivity contribution in [2.45, 2.75) is 4.90 Å². The Morgan fingerprint density at radius 2 is 1.87 bits per heavy atom. The lowest BCUT2D eigenvalue weighted by Crippen LogP contribution is -2.08. The maximum absolute atomic E-state index is 10.8. The number of hydrogen-bond acceptors (Lipinski definition) is 4. The van der Waals surface area contributed by atoms with E-state index in [0.29, 0.717) is 0 Å². The van der Waals surface area contributed by atoms with Crippen molar-refractivity contribution >= 4 is 32.0 Å². The Morgan fingerprint density at radius 3 is 2.27 bits per heavy atom. The molecule has 82 valence electrons. The number of ether oxygens (including phenoxy) is 1. The molecular weight excluding hydrogens is 288 g/mol. The highest BCUT2D eigenvalue weighted by molar-refractivity contribution is 9.09. The predicted octanol–water partition coefficient (Wildman–Crippen LogP) is 1.23. The molecule has 0 aliphatic rings. The van der Waals surface area contributed by atoms with E-state index < -0.39 is 16.1 Å².